The molecule has 0 spiro atoms. The standard InChI is InChI=1S/C12H14Cl2N2O/c1-6(7-2-3-7)16-12(17)8-4-9(13)11(15)10(14)5-8/h4-7H,2-3,15H2,1H3,(H,16,17). The lowest BCUT2D eigenvalue weighted by Gasteiger charge is -2.13. The van der Waals surface area contributed by atoms with Gasteiger partial charge in [0.25, 0.3) is 5.91 Å². The lowest BCUT2D eigenvalue weighted by molar-refractivity contribution is 0.0936. The van der Waals surface area contributed by atoms with Crippen molar-refractivity contribution in [1.29, 1.82) is 0 Å². The summed E-state index contributed by atoms with van der Waals surface area (Å²) in [6.07, 6.45) is 2.37. The van der Waals surface area contributed by atoms with Crippen LogP contribution < -0.4 is 11.1 Å². The van der Waals surface area contributed by atoms with E-state index in [1.165, 1.54) is 25.0 Å². The molecule has 0 radical (unpaired) electrons. The molecular weight excluding hydrogens is 259 g/mol. The summed E-state index contributed by atoms with van der Waals surface area (Å²) in [6.45, 7) is 2.01. The molecule has 1 aromatic rings. The molecule has 1 amide bonds. The average Bonchev–Trinajstić information content (AvgIpc) is 3.08. The Morgan fingerprint density at radius 1 is 1.41 bits per heavy atom. The van der Waals surface area contributed by atoms with E-state index in [4.69, 9.17) is 28.9 Å². The first-order valence-electron chi connectivity index (χ1n) is 5.54. The number of nitrogen functional groups attached to an aromatic ring is 1. The van der Waals surface area contributed by atoms with E-state index in [1.54, 1.807) is 0 Å². The van der Waals surface area contributed by atoms with Crippen molar-refractivity contribution in [3.8, 4) is 0 Å². The van der Waals surface area contributed by atoms with Gasteiger partial charge < -0.3 is 11.1 Å². The summed E-state index contributed by atoms with van der Waals surface area (Å²) in [5.74, 6) is 0.451. The third-order valence-electron chi connectivity index (χ3n) is 3.03. The van der Waals surface area contributed by atoms with Gasteiger partial charge in [-0.25, -0.2) is 0 Å². The highest BCUT2D eigenvalue weighted by Gasteiger charge is 2.29. The Balaban J connectivity index is 2.13. The summed E-state index contributed by atoms with van der Waals surface area (Å²) in [7, 11) is 0. The van der Waals surface area contributed by atoms with Crippen LogP contribution in [0, 0.1) is 5.92 Å². The SMILES string of the molecule is CC(NC(=O)c1cc(Cl)c(N)c(Cl)c1)C1CC1. The zero-order valence-electron chi connectivity index (χ0n) is 9.47. The minimum atomic E-state index is -0.159. The number of nitrogens with one attached hydrogen (secondary N) is 1. The Bertz CT molecular complexity index is 435. The molecule has 92 valence electrons. The van der Waals surface area contributed by atoms with Crippen LogP contribution in [0.2, 0.25) is 10.0 Å². The van der Waals surface area contributed by atoms with Gasteiger partial charge in [-0.3, -0.25) is 4.79 Å². The maximum absolute atomic E-state index is 11.9. The molecule has 3 nitrogen and oxygen atoms in total. The van der Waals surface area contributed by atoms with Crippen LogP contribution >= 0.6 is 23.2 Å². The fourth-order valence-corrected chi connectivity index (χ4v) is 2.21. The van der Waals surface area contributed by atoms with Crippen molar-refractivity contribution in [2.24, 2.45) is 5.92 Å². The molecule has 0 aromatic heterocycles. The third kappa shape index (κ3) is 2.85. The molecular formula is C12H14Cl2N2O. The molecule has 0 saturated heterocycles. The maximum Gasteiger partial charge on any atom is 0.251 e. The van der Waals surface area contributed by atoms with Gasteiger partial charge in [0, 0.05) is 11.6 Å². The summed E-state index contributed by atoms with van der Waals surface area (Å²) in [5.41, 5.74) is 6.37. The number of nitrogens with two attached hydrogens (primary N) is 1. The highest BCUT2D eigenvalue weighted by molar-refractivity contribution is 6.39. The highest BCUT2D eigenvalue weighted by Crippen LogP contribution is 2.33. The topological polar surface area (TPSA) is 55.1 Å². The quantitative estimate of drug-likeness (QED) is 0.831. The van der Waals surface area contributed by atoms with Crippen LogP contribution in [0.4, 0.5) is 5.69 Å². The van der Waals surface area contributed by atoms with Crippen molar-refractivity contribution in [2.45, 2.75) is 25.8 Å². The molecule has 0 heterocycles. The molecule has 17 heavy (non-hydrogen) atoms. The second-order valence-corrected chi connectivity index (χ2v) is 5.27. The first kappa shape index (κ1) is 12.5. The van der Waals surface area contributed by atoms with Crippen LogP contribution in [-0.2, 0) is 0 Å². The molecule has 2 rings (SSSR count). The van der Waals surface area contributed by atoms with Crippen LogP contribution in [0.5, 0.6) is 0 Å². The number of amides is 1. The summed E-state index contributed by atoms with van der Waals surface area (Å²) in [6, 6.07) is 3.27. The molecule has 1 saturated carbocycles. The van der Waals surface area contributed by atoms with E-state index in [1.807, 2.05) is 6.92 Å². The van der Waals surface area contributed by atoms with Gasteiger partial charge in [-0.2, -0.15) is 0 Å². The Morgan fingerprint density at radius 2 is 1.94 bits per heavy atom. The minimum Gasteiger partial charge on any atom is -0.396 e. The van der Waals surface area contributed by atoms with Gasteiger partial charge in [0.1, 0.15) is 0 Å². The zero-order valence-corrected chi connectivity index (χ0v) is 11.0. The van der Waals surface area contributed by atoms with Crippen LogP contribution in [0.25, 0.3) is 0 Å². The third-order valence-corrected chi connectivity index (χ3v) is 3.65. The molecule has 1 unspecified atom stereocenters. The molecule has 1 aromatic carbocycles. The lowest BCUT2D eigenvalue weighted by Crippen LogP contribution is -2.34. The average molecular weight is 273 g/mol. The normalized spacial score (nSPS) is 16.6. The predicted molar refractivity (Wildman–Crippen MR) is 70.5 cm³/mol. The summed E-state index contributed by atoms with van der Waals surface area (Å²) in [5, 5.41) is 3.55. The van der Waals surface area contributed by atoms with Gasteiger partial charge in [-0.1, -0.05) is 23.2 Å². The molecule has 3 N–H and O–H groups in total. The molecule has 0 bridgehead atoms. The highest BCUT2D eigenvalue weighted by atomic mass is 35.5. The number of anilines is 1. The van der Waals surface area contributed by atoms with E-state index in [0.29, 0.717) is 27.2 Å². The number of hydrogen-bond donors (Lipinski definition) is 2. The molecule has 0 aliphatic heterocycles. The number of halogens is 2. The second-order valence-electron chi connectivity index (χ2n) is 4.45. The van der Waals surface area contributed by atoms with Gasteiger partial charge >= 0.3 is 0 Å². The Hall–Kier alpha value is -0.930. The lowest BCUT2D eigenvalue weighted by atomic mass is 10.1. The van der Waals surface area contributed by atoms with E-state index < -0.39 is 0 Å². The van der Waals surface area contributed by atoms with Crippen LogP contribution in [-0.4, -0.2) is 11.9 Å². The Kier molecular flexibility index (Phi) is 3.50. The van der Waals surface area contributed by atoms with Crippen molar-refractivity contribution in [3.05, 3.63) is 27.7 Å². The van der Waals surface area contributed by atoms with E-state index in [0.717, 1.165) is 0 Å². The minimum absolute atomic E-state index is 0.159. The van der Waals surface area contributed by atoms with E-state index in [-0.39, 0.29) is 11.9 Å². The van der Waals surface area contributed by atoms with Gasteiger partial charge in [-0.05, 0) is 37.8 Å². The van der Waals surface area contributed by atoms with Crippen molar-refractivity contribution in [2.75, 3.05) is 5.73 Å². The first-order valence-corrected chi connectivity index (χ1v) is 6.30. The largest absolute Gasteiger partial charge is 0.396 e. The number of carbonyl (C=O) groups excluding carboxylic acids is 1. The van der Waals surface area contributed by atoms with E-state index >= 15 is 0 Å². The van der Waals surface area contributed by atoms with Gasteiger partial charge in [0.05, 0.1) is 15.7 Å². The van der Waals surface area contributed by atoms with Gasteiger partial charge in [0.15, 0.2) is 0 Å². The van der Waals surface area contributed by atoms with Crippen LogP contribution in [0.3, 0.4) is 0 Å². The number of rotatable bonds is 3. The molecule has 1 aliphatic rings. The predicted octanol–water partition coefficient (Wildman–Crippen LogP) is 3.10. The van der Waals surface area contributed by atoms with E-state index in [2.05, 4.69) is 5.32 Å². The Morgan fingerprint density at radius 3 is 2.41 bits per heavy atom. The second kappa shape index (κ2) is 4.75. The first-order chi connectivity index (χ1) is 7.99. The molecule has 1 atom stereocenters. The summed E-state index contributed by atoms with van der Waals surface area (Å²) >= 11 is 11.8. The Labute approximate surface area is 110 Å². The number of carbonyl (C=O) groups is 1. The van der Waals surface area contributed by atoms with E-state index in [9.17, 15) is 4.79 Å². The van der Waals surface area contributed by atoms with Crippen LogP contribution in [0.15, 0.2) is 12.1 Å². The van der Waals surface area contributed by atoms with Gasteiger partial charge in [0.2, 0.25) is 0 Å². The number of benzene rings is 1. The van der Waals surface area contributed by atoms with Crippen molar-refractivity contribution < 1.29 is 4.79 Å². The fraction of sp³-hybridized carbons (Fsp3) is 0.417. The monoisotopic (exact) mass is 272 g/mol. The molecule has 1 fully saturated rings. The maximum atomic E-state index is 11.9. The van der Waals surface area contributed by atoms with Crippen LogP contribution in [0.1, 0.15) is 30.1 Å². The smallest absolute Gasteiger partial charge is 0.251 e. The molecule has 1 aliphatic carbocycles. The van der Waals surface area contributed by atoms with Gasteiger partial charge in [-0.15, -0.1) is 0 Å². The zero-order chi connectivity index (χ0) is 12.6. The van der Waals surface area contributed by atoms with Crippen molar-refractivity contribution >= 4 is 34.8 Å². The molecule has 5 heteroatoms. The summed E-state index contributed by atoms with van der Waals surface area (Å²) < 4.78 is 0. The summed E-state index contributed by atoms with van der Waals surface area (Å²) in [4.78, 5) is 11.9. The fourth-order valence-electron chi connectivity index (χ4n) is 1.72. The number of hydrogen-bond acceptors (Lipinski definition) is 2. The van der Waals surface area contributed by atoms with Crippen molar-refractivity contribution in [1.82, 2.24) is 5.32 Å². The van der Waals surface area contributed by atoms with Crippen molar-refractivity contribution in [3.63, 3.8) is 0 Å².